The summed E-state index contributed by atoms with van der Waals surface area (Å²) in [6.45, 7) is 0.236. The molecule has 1 aromatic heterocycles. The van der Waals surface area contributed by atoms with E-state index in [2.05, 4.69) is 30.9 Å². The molecule has 0 aliphatic rings. The number of nitrogens with two attached hydrogens (primary N) is 3. The normalized spacial score (nSPS) is 13.5. The van der Waals surface area contributed by atoms with Crippen molar-refractivity contribution < 1.29 is 34.2 Å². The molecule has 4 atom stereocenters. The highest BCUT2D eigenvalue weighted by Gasteiger charge is 2.31. The molecular weight excluding hydrogens is 550 g/mol. The number of nitrogens with zero attached hydrogens (tertiary/aromatic N) is 2. The second-order valence-electron chi connectivity index (χ2n) is 9.48. The van der Waals surface area contributed by atoms with Crippen LogP contribution in [0.3, 0.4) is 0 Å². The number of rotatable bonds is 18. The first-order valence-electron chi connectivity index (χ1n) is 13.1. The highest BCUT2D eigenvalue weighted by molar-refractivity contribution is 5.94. The number of hydrogen-bond acceptors (Lipinski definition) is 8. The molecule has 1 aromatic carbocycles. The number of aromatic amines is 1. The van der Waals surface area contributed by atoms with E-state index < -0.39 is 60.2 Å². The Morgan fingerprint density at radius 2 is 1.52 bits per heavy atom. The molecule has 42 heavy (non-hydrogen) atoms. The van der Waals surface area contributed by atoms with Crippen LogP contribution in [-0.2, 0) is 36.8 Å². The van der Waals surface area contributed by atoms with Gasteiger partial charge in [0.2, 0.25) is 17.7 Å². The van der Waals surface area contributed by atoms with Crippen LogP contribution in [0.5, 0.6) is 0 Å². The molecular formula is C26H37N9O7. The number of H-pyrrole nitrogens is 1. The summed E-state index contributed by atoms with van der Waals surface area (Å²) >= 11 is 0. The average Bonchev–Trinajstić information content (AvgIpc) is 3.45. The largest absolute Gasteiger partial charge is 0.481 e. The molecule has 2 aromatic rings. The fraction of sp³-hybridized carbons (Fsp3) is 0.423. The monoisotopic (exact) mass is 587 g/mol. The van der Waals surface area contributed by atoms with E-state index in [1.807, 2.05) is 0 Å². The van der Waals surface area contributed by atoms with Crippen LogP contribution in [0, 0.1) is 0 Å². The summed E-state index contributed by atoms with van der Waals surface area (Å²) in [7, 11) is 0. The van der Waals surface area contributed by atoms with Gasteiger partial charge in [-0.3, -0.25) is 24.2 Å². The zero-order valence-electron chi connectivity index (χ0n) is 22.9. The second kappa shape index (κ2) is 17.0. The van der Waals surface area contributed by atoms with Crippen molar-refractivity contribution in [3.63, 3.8) is 0 Å². The van der Waals surface area contributed by atoms with Crippen LogP contribution in [0.4, 0.5) is 0 Å². The second-order valence-corrected chi connectivity index (χ2v) is 9.48. The highest BCUT2D eigenvalue weighted by atomic mass is 16.4. The van der Waals surface area contributed by atoms with Gasteiger partial charge in [-0.2, -0.15) is 0 Å². The van der Waals surface area contributed by atoms with Gasteiger partial charge in [0.1, 0.15) is 18.1 Å². The van der Waals surface area contributed by atoms with Crippen LogP contribution in [0.2, 0.25) is 0 Å². The number of guanidine groups is 1. The number of amides is 3. The van der Waals surface area contributed by atoms with Crippen molar-refractivity contribution in [1.82, 2.24) is 25.9 Å². The molecule has 0 aliphatic heterocycles. The Morgan fingerprint density at radius 3 is 2.12 bits per heavy atom. The summed E-state index contributed by atoms with van der Waals surface area (Å²) in [4.78, 5) is 72.8. The van der Waals surface area contributed by atoms with Gasteiger partial charge in [-0.05, 0) is 24.8 Å². The number of imidazole rings is 1. The molecule has 0 bridgehead atoms. The standard InChI is InChI=1S/C26H37N9O7/c27-17(7-4-10-31-26(28)29)22(38)33-18(8-9-21(36)37)23(39)34-19(11-15-5-2-1-3-6-15)24(40)35-20(25(41)42)12-16-13-30-14-32-16/h1-3,5-6,13-14,17-20H,4,7-12,27H2,(H,30,32)(H,33,38)(H,34,39)(H,35,40)(H,36,37)(H,41,42)(H4,28,29,31). The summed E-state index contributed by atoms with van der Waals surface area (Å²) in [5.41, 5.74) is 17.6. The number of carboxylic acids is 2. The first-order valence-corrected chi connectivity index (χ1v) is 13.1. The molecule has 1 heterocycles. The fourth-order valence-corrected chi connectivity index (χ4v) is 3.89. The Kier molecular flexibility index (Phi) is 13.4. The minimum atomic E-state index is -1.34. The number of aliphatic carboxylic acids is 2. The maximum absolute atomic E-state index is 13.3. The van der Waals surface area contributed by atoms with Gasteiger partial charge in [0.05, 0.1) is 12.4 Å². The van der Waals surface area contributed by atoms with Gasteiger partial charge in [-0.1, -0.05) is 30.3 Å². The van der Waals surface area contributed by atoms with Gasteiger partial charge in [-0.25, -0.2) is 9.78 Å². The minimum absolute atomic E-state index is 0.0152. The smallest absolute Gasteiger partial charge is 0.326 e. The molecule has 0 radical (unpaired) electrons. The van der Waals surface area contributed by atoms with Gasteiger partial charge in [0, 0.05) is 37.7 Å². The summed E-state index contributed by atoms with van der Waals surface area (Å²) in [5, 5.41) is 26.3. The van der Waals surface area contributed by atoms with Gasteiger partial charge in [0.15, 0.2) is 5.96 Å². The van der Waals surface area contributed by atoms with Gasteiger partial charge in [-0.15, -0.1) is 0 Å². The molecule has 2 rings (SSSR count). The predicted molar refractivity (Wildman–Crippen MR) is 151 cm³/mol. The fourth-order valence-electron chi connectivity index (χ4n) is 3.89. The first kappa shape index (κ1) is 33.2. The number of carboxylic acid groups (broad SMARTS) is 2. The van der Waals surface area contributed by atoms with Crippen molar-refractivity contribution in [3.05, 3.63) is 54.1 Å². The lowest BCUT2D eigenvalue weighted by atomic mass is 10.0. The van der Waals surface area contributed by atoms with Crippen LogP contribution in [0.25, 0.3) is 0 Å². The third kappa shape index (κ3) is 12.0. The summed E-state index contributed by atoms with van der Waals surface area (Å²) in [6, 6.07) is 3.68. The average molecular weight is 588 g/mol. The van der Waals surface area contributed by atoms with E-state index in [-0.39, 0.29) is 38.2 Å². The van der Waals surface area contributed by atoms with Crippen molar-refractivity contribution in [3.8, 4) is 0 Å². The number of benzene rings is 1. The van der Waals surface area contributed by atoms with Gasteiger partial charge in [0.25, 0.3) is 0 Å². The van der Waals surface area contributed by atoms with Crippen LogP contribution in [-0.4, -0.2) is 86.5 Å². The molecule has 0 fully saturated rings. The third-order valence-electron chi connectivity index (χ3n) is 6.09. The topological polar surface area (TPSA) is 281 Å². The number of hydrogen-bond donors (Lipinski definition) is 9. The van der Waals surface area contributed by atoms with E-state index >= 15 is 0 Å². The summed E-state index contributed by atoms with van der Waals surface area (Å²) in [6.07, 6.45) is 2.50. The lowest BCUT2D eigenvalue weighted by molar-refractivity contribution is -0.142. The van der Waals surface area contributed by atoms with Crippen molar-refractivity contribution >= 4 is 35.6 Å². The van der Waals surface area contributed by atoms with Crippen molar-refractivity contribution in [2.75, 3.05) is 6.54 Å². The van der Waals surface area contributed by atoms with Crippen molar-refractivity contribution in [2.24, 2.45) is 22.2 Å². The highest BCUT2D eigenvalue weighted by Crippen LogP contribution is 2.08. The molecule has 0 spiro atoms. The molecule has 0 aliphatic carbocycles. The summed E-state index contributed by atoms with van der Waals surface area (Å²) < 4.78 is 0. The zero-order valence-corrected chi connectivity index (χ0v) is 22.9. The van der Waals surface area contributed by atoms with Crippen molar-refractivity contribution in [2.45, 2.75) is 62.7 Å². The predicted octanol–water partition coefficient (Wildman–Crippen LogP) is -2.02. The van der Waals surface area contributed by atoms with Crippen molar-refractivity contribution in [1.29, 1.82) is 0 Å². The lowest BCUT2D eigenvalue weighted by Gasteiger charge is -2.25. The quantitative estimate of drug-likeness (QED) is 0.0521. The van der Waals surface area contributed by atoms with Crippen LogP contribution < -0.4 is 33.2 Å². The van der Waals surface area contributed by atoms with E-state index in [9.17, 15) is 29.1 Å². The summed E-state index contributed by atoms with van der Waals surface area (Å²) in [5.74, 6) is -4.95. The number of carbonyl (C=O) groups is 5. The van der Waals surface area contributed by atoms with Crippen LogP contribution in [0.15, 0.2) is 47.8 Å². The Bertz CT molecular complexity index is 1220. The number of aromatic nitrogens is 2. The molecule has 0 saturated heterocycles. The molecule has 228 valence electrons. The van der Waals surface area contributed by atoms with E-state index in [4.69, 9.17) is 22.3 Å². The number of carbonyl (C=O) groups excluding carboxylic acids is 3. The Balaban J connectivity index is 2.19. The minimum Gasteiger partial charge on any atom is -0.481 e. The SMILES string of the molecule is NC(N)=NCCCC(N)C(=O)NC(CCC(=O)O)C(=O)NC(Cc1ccccc1)C(=O)NC(Cc1cnc[nH]1)C(=O)O. The molecule has 3 amide bonds. The number of nitrogens with one attached hydrogen (secondary N) is 4. The van der Waals surface area contributed by atoms with E-state index in [0.717, 1.165) is 0 Å². The number of aliphatic imine (C=N–C) groups is 1. The van der Waals surface area contributed by atoms with Gasteiger partial charge >= 0.3 is 11.9 Å². The maximum Gasteiger partial charge on any atom is 0.326 e. The lowest BCUT2D eigenvalue weighted by Crippen LogP contribution is -2.58. The van der Waals surface area contributed by atoms with E-state index in [0.29, 0.717) is 17.7 Å². The molecule has 0 saturated carbocycles. The molecule has 16 nitrogen and oxygen atoms in total. The Morgan fingerprint density at radius 1 is 0.881 bits per heavy atom. The van der Waals surface area contributed by atoms with E-state index in [1.165, 1.54) is 12.5 Å². The maximum atomic E-state index is 13.3. The molecule has 4 unspecified atom stereocenters. The van der Waals surface area contributed by atoms with E-state index in [1.54, 1.807) is 30.3 Å². The first-order chi connectivity index (χ1) is 20.0. The Hall–Kier alpha value is -4.99. The van der Waals surface area contributed by atoms with Crippen LogP contribution in [0.1, 0.15) is 36.9 Å². The molecule has 12 N–H and O–H groups in total. The zero-order chi connectivity index (χ0) is 31.1. The van der Waals surface area contributed by atoms with Gasteiger partial charge < -0.3 is 48.3 Å². The molecule has 16 heteroatoms. The third-order valence-corrected chi connectivity index (χ3v) is 6.09. The van der Waals surface area contributed by atoms with Crippen LogP contribution >= 0.6 is 0 Å². The Labute approximate surface area is 241 Å².